The molecule has 1 rings (SSSR count). The Morgan fingerprint density at radius 3 is 2.60 bits per heavy atom. The Bertz CT molecular complexity index is 252. The minimum absolute atomic E-state index is 0.0719. The van der Waals surface area contributed by atoms with Crippen LogP contribution in [0.5, 0.6) is 0 Å². The first kappa shape index (κ1) is 12.0. The van der Waals surface area contributed by atoms with E-state index in [1.165, 1.54) is 13.3 Å². The number of nitrogens with zero attached hydrogens (tertiary/aromatic N) is 1. The number of carbonyl (C=O) groups excluding carboxylic acids is 2. The highest BCUT2D eigenvalue weighted by molar-refractivity contribution is 5.83. The van der Waals surface area contributed by atoms with Crippen molar-refractivity contribution < 1.29 is 14.3 Å². The summed E-state index contributed by atoms with van der Waals surface area (Å²) in [6, 6.07) is 0.268. The highest BCUT2D eigenvalue weighted by atomic mass is 16.5. The monoisotopic (exact) mass is 213 g/mol. The van der Waals surface area contributed by atoms with Gasteiger partial charge in [0.15, 0.2) is 6.10 Å². The summed E-state index contributed by atoms with van der Waals surface area (Å²) in [6.45, 7) is 5.78. The van der Waals surface area contributed by atoms with Gasteiger partial charge in [-0.15, -0.1) is 0 Å². The molecule has 86 valence electrons. The molecule has 0 N–H and O–H groups in total. The van der Waals surface area contributed by atoms with Gasteiger partial charge in [0, 0.05) is 19.5 Å². The lowest BCUT2D eigenvalue weighted by molar-refractivity contribution is -0.159. The summed E-state index contributed by atoms with van der Waals surface area (Å²) in [5, 5.41) is 0. The molecular weight excluding hydrogens is 194 g/mol. The molecule has 0 radical (unpaired) electrons. The summed E-state index contributed by atoms with van der Waals surface area (Å²) in [6.07, 6.45) is 2.61. The van der Waals surface area contributed by atoms with Crippen LogP contribution in [0.3, 0.4) is 0 Å². The molecule has 0 spiro atoms. The van der Waals surface area contributed by atoms with Gasteiger partial charge in [0.25, 0.3) is 5.91 Å². The lowest BCUT2D eigenvalue weighted by Gasteiger charge is -2.34. The second-order valence-corrected chi connectivity index (χ2v) is 4.13. The van der Waals surface area contributed by atoms with Gasteiger partial charge >= 0.3 is 5.97 Å². The van der Waals surface area contributed by atoms with Gasteiger partial charge < -0.3 is 9.64 Å². The molecule has 0 aliphatic carbocycles. The first-order valence-electron chi connectivity index (χ1n) is 5.50. The number of likely N-dealkylation sites (tertiary alicyclic amines) is 1. The second-order valence-electron chi connectivity index (χ2n) is 4.13. The Morgan fingerprint density at radius 2 is 2.07 bits per heavy atom. The maximum Gasteiger partial charge on any atom is 0.303 e. The van der Waals surface area contributed by atoms with Crippen molar-refractivity contribution in [3.05, 3.63) is 0 Å². The molecule has 0 aromatic heterocycles. The van der Waals surface area contributed by atoms with Crippen molar-refractivity contribution in [3.8, 4) is 0 Å². The van der Waals surface area contributed by atoms with Gasteiger partial charge in [-0.3, -0.25) is 9.59 Å². The summed E-state index contributed by atoms with van der Waals surface area (Å²) < 4.78 is 4.88. The average molecular weight is 213 g/mol. The van der Waals surface area contributed by atoms with Crippen LogP contribution in [0.1, 0.15) is 40.0 Å². The van der Waals surface area contributed by atoms with Gasteiger partial charge in [0.2, 0.25) is 0 Å². The van der Waals surface area contributed by atoms with Crippen molar-refractivity contribution in [3.63, 3.8) is 0 Å². The molecule has 15 heavy (non-hydrogen) atoms. The van der Waals surface area contributed by atoms with E-state index in [-0.39, 0.29) is 11.9 Å². The fraction of sp³-hybridized carbons (Fsp3) is 0.818. The molecular formula is C11H19NO3. The van der Waals surface area contributed by atoms with Crippen LogP contribution in [0.25, 0.3) is 0 Å². The van der Waals surface area contributed by atoms with Gasteiger partial charge in [-0.2, -0.15) is 0 Å². The lowest BCUT2D eigenvalue weighted by atomic mass is 10.0. The number of rotatable bonds is 2. The highest BCUT2D eigenvalue weighted by Gasteiger charge is 2.28. The van der Waals surface area contributed by atoms with E-state index >= 15 is 0 Å². The molecule has 4 nitrogen and oxygen atoms in total. The number of ether oxygens (including phenoxy) is 1. The van der Waals surface area contributed by atoms with Crippen LogP contribution < -0.4 is 0 Å². The first-order chi connectivity index (χ1) is 7.02. The van der Waals surface area contributed by atoms with Crippen LogP contribution in [-0.2, 0) is 14.3 Å². The average Bonchev–Trinajstić information content (AvgIpc) is 2.16. The largest absolute Gasteiger partial charge is 0.453 e. The molecule has 0 saturated carbocycles. The molecule has 0 aromatic rings. The molecule has 0 unspecified atom stereocenters. The van der Waals surface area contributed by atoms with Crippen LogP contribution in [-0.4, -0.2) is 35.5 Å². The Kier molecular flexibility index (Phi) is 4.12. The Morgan fingerprint density at radius 1 is 1.40 bits per heavy atom. The summed E-state index contributed by atoms with van der Waals surface area (Å²) >= 11 is 0. The van der Waals surface area contributed by atoms with E-state index in [0.717, 1.165) is 19.4 Å². The lowest BCUT2D eigenvalue weighted by Crippen LogP contribution is -2.47. The Hall–Kier alpha value is -1.06. The zero-order chi connectivity index (χ0) is 11.4. The zero-order valence-corrected chi connectivity index (χ0v) is 9.66. The third-order valence-electron chi connectivity index (χ3n) is 2.78. The van der Waals surface area contributed by atoms with Crippen molar-refractivity contribution in [2.24, 2.45) is 0 Å². The fourth-order valence-electron chi connectivity index (χ4n) is 1.96. The van der Waals surface area contributed by atoms with Crippen LogP contribution in [0.4, 0.5) is 0 Å². The van der Waals surface area contributed by atoms with E-state index in [1.54, 1.807) is 6.92 Å². The topological polar surface area (TPSA) is 46.6 Å². The van der Waals surface area contributed by atoms with Crippen molar-refractivity contribution in [1.82, 2.24) is 4.90 Å². The number of esters is 1. The van der Waals surface area contributed by atoms with Crippen molar-refractivity contribution in [2.75, 3.05) is 6.54 Å². The fourth-order valence-corrected chi connectivity index (χ4v) is 1.96. The summed E-state index contributed by atoms with van der Waals surface area (Å²) in [5.74, 6) is -0.474. The van der Waals surface area contributed by atoms with E-state index in [2.05, 4.69) is 0 Å². The number of hydrogen-bond donors (Lipinski definition) is 0. The summed E-state index contributed by atoms with van der Waals surface area (Å²) in [5.41, 5.74) is 0. The Labute approximate surface area is 90.6 Å². The van der Waals surface area contributed by atoms with Gasteiger partial charge in [-0.25, -0.2) is 0 Å². The van der Waals surface area contributed by atoms with Gasteiger partial charge in [0.05, 0.1) is 0 Å². The summed E-state index contributed by atoms with van der Waals surface area (Å²) in [4.78, 5) is 24.4. The molecule has 1 aliphatic heterocycles. The van der Waals surface area contributed by atoms with Crippen molar-refractivity contribution in [2.45, 2.75) is 52.2 Å². The minimum atomic E-state index is -0.650. The molecule has 1 amide bonds. The molecule has 1 heterocycles. The van der Waals surface area contributed by atoms with E-state index in [4.69, 9.17) is 4.74 Å². The predicted octanol–water partition coefficient (Wildman–Crippen LogP) is 1.34. The maximum absolute atomic E-state index is 11.9. The number of carbonyl (C=O) groups is 2. The van der Waals surface area contributed by atoms with Crippen LogP contribution >= 0.6 is 0 Å². The molecule has 1 aliphatic rings. The van der Waals surface area contributed by atoms with Crippen molar-refractivity contribution >= 4 is 11.9 Å². The highest BCUT2D eigenvalue weighted by Crippen LogP contribution is 2.17. The maximum atomic E-state index is 11.9. The molecule has 1 saturated heterocycles. The molecule has 4 heteroatoms. The third-order valence-corrected chi connectivity index (χ3v) is 2.78. The number of amides is 1. The van der Waals surface area contributed by atoms with Gasteiger partial charge in [-0.05, 0) is 33.1 Å². The van der Waals surface area contributed by atoms with Gasteiger partial charge in [-0.1, -0.05) is 0 Å². The van der Waals surface area contributed by atoms with Crippen LogP contribution in [0.2, 0.25) is 0 Å². The predicted molar refractivity (Wildman–Crippen MR) is 56.3 cm³/mol. The number of piperidine rings is 1. The van der Waals surface area contributed by atoms with Crippen LogP contribution in [0, 0.1) is 0 Å². The zero-order valence-electron chi connectivity index (χ0n) is 9.66. The number of hydrogen-bond acceptors (Lipinski definition) is 3. The molecule has 0 bridgehead atoms. The van der Waals surface area contributed by atoms with Gasteiger partial charge in [0.1, 0.15) is 0 Å². The normalized spacial score (nSPS) is 23.4. The molecule has 2 atom stereocenters. The first-order valence-corrected chi connectivity index (χ1v) is 5.50. The van der Waals surface area contributed by atoms with E-state index in [9.17, 15) is 9.59 Å². The van der Waals surface area contributed by atoms with E-state index < -0.39 is 12.1 Å². The van der Waals surface area contributed by atoms with Crippen molar-refractivity contribution in [1.29, 1.82) is 0 Å². The van der Waals surface area contributed by atoms with E-state index in [1.807, 2.05) is 11.8 Å². The third kappa shape index (κ3) is 3.22. The smallest absolute Gasteiger partial charge is 0.303 e. The van der Waals surface area contributed by atoms with E-state index in [0.29, 0.717) is 0 Å². The second kappa shape index (κ2) is 5.14. The SMILES string of the molecule is CC(=O)O[C@@H](C)C(=O)N1CCCC[C@H]1C. The summed E-state index contributed by atoms with van der Waals surface area (Å²) in [7, 11) is 0. The van der Waals surface area contributed by atoms with Crippen LogP contribution in [0.15, 0.2) is 0 Å². The Balaban J connectivity index is 2.54. The molecule has 1 fully saturated rings. The molecule has 0 aromatic carbocycles. The standard InChI is InChI=1S/C11H19NO3/c1-8-6-4-5-7-12(8)11(14)9(2)15-10(3)13/h8-9H,4-7H2,1-3H3/t8-,9+/m1/s1. The minimum Gasteiger partial charge on any atom is -0.453 e. The quantitative estimate of drug-likeness (QED) is 0.650.